The summed E-state index contributed by atoms with van der Waals surface area (Å²) < 4.78 is 0. The molecule has 0 aromatic heterocycles. The zero-order valence-electron chi connectivity index (χ0n) is 8.68. The van der Waals surface area contributed by atoms with Crippen LogP contribution in [0.25, 0.3) is 0 Å². The first-order valence-corrected chi connectivity index (χ1v) is 5.43. The molecule has 2 unspecified atom stereocenters. The van der Waals surface area contributed by atoms with Gasteiger partial charge in [-0.1, -0.05) is 25.5 Å². The summed E-state index contributed by atoms with van der Waals surface area (Å²) >= 11 is 0. The largest absolute Gasteiger partial charge is 0.313 e. The molecule has 1 aliphatic carbocycles. The fourth-order valence-electron chi connectivity index (χ4n) is 1.95. The Balaban J connectivity index is 1.99. The summed E-state index contributed by atoms with van der Waals surface area (Å²) in [5, 5.41) is 6.92. The minimum atomic E-state index is 0.876. The molecular weight excluding hydrogens is 158 g/mol. The topological polar surface area (TPSA) is 23.9 Å². The van der Waals surface area contributed by atoms with E-state index in [1.54, 1.807) is 0 Å². The molecule has 1 saturated carbocycles. The second-order valence-corrected chi connectivity index (χ2v) is 4.20. The van der Waals surface area contributed by atoms with Crippen LogP contribution >= 0.6 is 0 Å². The van der Waals surface area contributed by atoms with Crippen molar-refractivity contribution in [2.75, 3.05) is 0 Å². The highest BCUT2D eigenvalue weighted by Crippen LogP contribution is 2.44. The van der Waals surface area contributed by atoms with E-state index in [9.17, 15) is 0 Å². The van der Waals surface area contributed by atoms with Crippen molar-refractivity contribution < 1.29 is 0 Å². The molecule has 0 aromatic rings. The van der Waals surface area contributed by atoms with Crippen molar-refractivity contribution in [3.63, 3.8) is 0 Å². The summed E-state index contributed by atoms with van der Waals surface area (Å²) in [7, 11) is 0. The number of rotatable bonds is 7. The fraction of sp³-hybridized carbons (Fsp3) is 0.750. The first kappa shape index (κ1) is 10.5. The van der Waals surface area contributed by atoms with Gasteiger partial charge in [0.1, 0.15) is 0 Å². The van der Waals surface area contributed by atoms with Gasteiger partial charge in [0, 0.05) is 0 Å². The van der Waals surface area contributed by atoms with Crippen molar-refractivity contribution in [2.45, 2.75) is 45.4 Å². The lowest BCUT2D eigenvalue weighted by Crippen LogP contribution is -1.87. The molecule has 0 amide bonds. The number of allylic oxidation sites excluding steroid dienone is 1. The van der Waals surface area contributed by atoms with E-state index in [0.29, 0.717) is 0 Å². The Kier molecular flexibility index (Phi) is 4.20. The predicted octanol–water partition coefficient (Wildman–Crippen LogP) is 3.80. The van der Waals surface area contributed by atoms with Crippen LogP contribution in [0, 0.1) is 17.2 Å². The molecule has 0 aliphatic heterocycles. The van der Waals surface area contributed by atoms with Crippen LogP contribution in [0.5, 0.6) is 0 Å². The Hall–Kier alpha value is -0.590. The van der Waals surface area contributed by atoms with Crippen LogP contribution in [-0.4, -0.2) is 6.21 Å². The van der Waals surface area contributed by atoms with Crippen molar-refractivity contribution in [3.05, 3.63) is 12.2 Å². The van der Waals surface area contributed by atoms with Crippen molar-refractivity contribution in [2.24, 2.45) is 11.8 Å². The first-order chi connectivity index (χ1) is 6.27. The fourth-order valence-corrected chi connectivity index (χ4v) is 1.95. The maximum atomic E-state index is 6.92. The van der Waals surface area contributed by atoms with Gasteiger partial charge in [-0.2, -0.15) is 0 Å². The Morgan fingerprint density at radius 1 is 1.46 bits per heavy atom. The number of nitrogens with one attached hydrogen (secondary N) is 1. The molecule has 1 rings (SSSR count). The highest BCUT2D eigenvalue weighted by atomic mass is 14.4. The van der Waals surface area contributed by atoms with E-state index in [2.05, 4.69) is 13.5 Å². The SMILES string of the molecule is C=C(CCC=N)CCC1CC1CC. The number of hydrogen-bond donors (Lipinski definition) is 1. The van der Waals surface area contributed by atoms with Crippen molar-refractivity contribution in [1.82, 2.24) is 0 Å². The predicted molar refractivity (Wildman–Crippen MR) is 58.3 cm³/mol. The third-order valence-corrected chi connectivity index (χ3v) is 3.10. The van der Waals surface area contributed by atoms with Gasteiger partial charge in [-0.3, -0.25) is 0 Å². The van der Waals surface area contributed by atoms with Crippen LogP contribution in [0.2, 0.25) is 0 Å². The van der Waals surface area contributed by atoms with Gasteiger partial charge in [-0.05, 0) is 50.2 Å². The third-order valence-electron chi connectivity index (χ3n) is 3.10. The lowest BCUT2D eigenvalue weighted by atomic mass is 10.0. The Morgan fingerprint density at radius 2 is 2.23 bits per heavy atom. The average Bonchev–Trinajstić information content (AvgIpc) is 2.90. The van der Waals surface area contributed by atoms with Crippen LogP contribution < -0.4 is 0 Å². The van der Waals surface area contributed by atoms with Crippen LogP contribution in [0.3, 0.4) is 0 Å². The molecule has 13 heavy (non-hydrogen) atoms. The van der Waals surface area contributed by atoms with Crippen LogP contribution in [0.15, 0.2) is 12.2 Å². The lowest BCUT2D eigenvalue weighted by Gasteiger charge is -2.02. The Labute approximate surface area is 81.7 Å². The molecule has 0 aromatic carbocycles. The van der Waals surface area contributed by atoms with Gasteiger partial charge in [0.25, 0.3) is 0 Å². The lowest BCUT2D eigenvalue weighted by molar-refractivity contribution is 0.623. The smallest absolute Gasteiger partial charge is 0.00446 e. The van der Waals surface area contributed by atoms with E-state index in [4.69, 9.17) is 5.41 Å². The van der Waals surface area contributed by atoms with Gasteiger partial charge < -0.3 is 5.41 Å². The Bertz CT molecular complexity index is 184. The summed E-state index contributed by atoms with van der Waals surface area (Å²) in [5.74, 6) is 2.03. The average molecular weight is 179 g/mol. The zero-order valence-corrected chi connectivity index (χ0v) is 8.68. The molecule has 2 atom stereocenters. The van der Waals surface area contributed by atoms with Crippen LogP contribution in [-0.2, 0) is 0 Å². The number of hydrogen-bond acceptors (Lipinski definition) is 1. The normalized spacial score (nSPS) is 25.6. The molecule has 1 nitrogen and oxygen atoms in total. The molecule has 1 heteroatoms. The molecule has 74 valence electrons. The van der Waals surface area contributed by atoms with E-state index in [1.807, 2.05) is 0 Å². The molecule has 0 heterocycles. The van der Waals surface area contributed by atoms with Crippen molar-refractivity contribution in [3.8, 4) is 0 Å². The van der Waals surface area contributed by atoms with E-state index < -0.39 is 0 Å². The zero-order chi connectivity index (χ0) is 9.68. The summed E-state index contributed by atoms with van der Waals surface area (Å²) in [5.41, 5.74) is 1.34. The quantitative estimate of drug-likeness (QED) is 0.454. The van der Waals surface area contributed by atoms with Crippen LogP contribution in [0.1, 0.15) is 45.4 Å². The summed E-state index contributed by atoms with van der Waals surface area (Å²) in [6, 6.07) is 0. The minimum absolute atomic E-state index is 0.876. The summed E-state index contributed by atoms with van der Waals surface area (Å²) in [4.78, 5) is 0. The Morgan fingerprint density at radius 3 is 2.77 bits per heavy atom. The maximum absolute atomic E-state index is 6.92. The van der Waals surface area contributed by atoms with Crippen molar-refractivity contribution in [1.29, 1.82) is 5.41 Å². The van der Waals surface area contributed by atoms with E-state index in [1.165, 1.54) is 37.5 Å². The molecule has 1 aliphatic rings. The van der Waals surface area contributed by atoms with E-state index in [0.717, 1.165) is 24.7 Å². The highest BCUT2D eigenvalue weighted by molar-refractivity contribution is 5.53. The molecule has 0 saturated heterocycles. The minimum Gasteiger partial charge on any atom is -0.313 e. The van der Waals surface area contributed by atoms with Gasteiger partial charge in [0.05, 0.1) is 0 Å². The summed E-state index contributed by atoms with van der Waals surface area (Å²) in [6.07, 6.45) is 8.72. The maximum Gasteiger partial charge on any atom is -0.00446 e. The second kappa shape index (κ2) is 5.21. The molecule has 0 bridgehead atoms. The molecule has 1 fully saturated rings. The third kappa shape index (κ3) is 3.75. The molecule has 0 spiro atoms. The monoisotopic (exact) mass is 179 g/mol. The van der Waals surface area contributed by atoms with Gasteiger partial charge in [-0.25, -0.2) is 0 Å². The van der Waals surface area contributed by atoms with E-state index >= 15 is 0 Å². The van der Waals surface area contributed by atoms with Gasteiger partial charge >= 0.3 is 0 Å². The molecule has 1 N–H and O–H groups in total. The standard InChI is InChI=1S/C12H21N/c1-3-11-9-12(11)7-6-10(2)5-4-8-13/h8,11-13H,2-7,9H2,1H3. The first-order valence-electron chi connectivity index (χ1n) is 5.43. The molecule has 0 radical (unpaired) electrons. The van der Waals surface area contributed by atoms with Gasteiger partial charge in [0.2, 0.25) is 0 Å². The molecular formula is C12H21N. The van der Waals surface area contributed by atoms with Crippen LogP contribution in [0.4, 0.5) is 0 Å². The van der Waals surface area contributed by atoms with E-state index in [-0.39, 0.29) is 0 Å². The highest BCUT2D eigenvalue weighted by Gasteiger charge is 2.34. The second-order valence-electron chi connectivity index (χ2n) is 4.20. The summed E-state index contributed by atoms with van der Waals surface area (Å²) in [6.45, 7) is 6.33. The van der Waals surface area contributed by atoms with Gasteiger partial charge in [-0.15, -0.1) is 0 Å². The van der Waals surface area contributed by atoms with Gasteiger partial charge in [0.15, 0.2) is 0 Å². The van der Waals surface area contributed by atoms with Crippen molar-refractivity contribution >= 4 is 6.21 Å².